The summed E-state index contributed by atoms with van der Waals surface area (Å²) in [7, 11) is 0. The van der Waals surface area contributed by atoms with Crippen molar-refractivity contribution in [3.8, 4) is 11.4 Å². The molecular formula is C20H26N6O3. The number of carbonyl (C=O) groups excluding carboxylic acids is 2. The molecule has 9 nitrogen and oxygen atoms in total. The standard InChI is InChI=1S/C20H26N6O3/c1-15-21-19(23-29-15)16-6-2-3-7-17(16)22-20(28)26-12-10-24(11-13-26)14-18(27)25-8-4-5-9-25/h2-3,6-7H,4-5,8-14H2,1H3,(H,22,28). The summed E-state index contributed by atoms with van der Waals surface area (Å²) in [5, 5.41) is 6.90. The minimum atomic E-state index is -0.164. The van der Waals surface area contributed by atoms with Gasteiger partial charge in [-0.3, -0.25) is 9.69 Å². The van der Waals surface area contributed by atoms with Gasteiger partial charge in [-0.05, 0) is 25.0 Å². The number of nitrogens with one attached hydrogen (secondary N) is 1. The Morgan fingerprint density at radius 2 is 1.76 bits per heavy atom. The third-order valence-corrected chi connectivity index (χ3v) is 5.41. The van der Waals surface area contributed by atoms with Gasteiger partial charge in [-0.25, -0.2) is 4.79 Å². The van der Waals surface area contributed by atoms with Crippen LogP contribution < -0.4 is 5.32 Å². The van der Waals surface area contributed by atoms with Gasteiger partial charge >= 0.3 is 6.03 Å². The van der Waals surface area contributed by atoms with Gasteiger partial charge in [0.1, 0.15) is 0 Å². The third-order valence-electron chi connectivity index (χ3n) is 5.41. The molecule has 1 N–H and O–H groups in total. The highest BCUT2D eigenvalue weighted by Gasteiger charge is 2.25. The molecular weight excluding hydrogens is 372 g/mol. The molecule has 0 atom stereocenters. The Morgan fingerprint density at radius 1 is 1.03 bits per heavy atom. The first-order valence-electron chi connectivity index (χ1n) is 10.1. The zero-order valence-corrected chi connectivity index (χ0v) is 16.6. The van der Waals surface area contributed by atoms with E-state index < -0.39 is 0 Å². The van der Waals surface area contributed by atoms with Crippen molar-refractivity contribution in [3.05, 3.63) is 30.2 Å². The molecule has 2 saturated heterocycles. The summed E-state index contributed by atoms with van der Waals surface area (Å²) in [6.07, 6.45) is 2.20. The normalized spacial score (nSPS) is 17.6. The minimum Gasteiger partial charge on any atom is -0.342 e. The van der Waals surface area contributed by atoms with Crippen molar-refractivity contribution in [2.45, 2.75) is 19.8 Å². The Labute approximate surface area is 169 Å². The molecule has 2 aliphatic heterocycles. The first-order chi connectivity index (χ1) is 14.1. The predicted octanol–water partition coefficient (Wildman–Crippen LogP) is 1.82. The smallest absolute Gasteiger partial charge is 0.321 e. The second-order valence-corrected chi connectivity index (χ2v) is 7.46. The molecule has 4 rings (SSSR count). The second kappa shape index (κ2) is 8.60. The topological polar surface area (TPSA) is 94.8 Å². The maximum absolute atomic E-state index is 12.8. The zero-order chi connectivity index (χ0) is 20.2. The summed E-state index contributed by atoms with van der Waals surface area (Å²) in [4.78, 5) is 35.2. The van der Waals surface area contributed by atoms with E-state index in [1.807, 2.05) is 29.2 Å². The summed E-state index contributed by atoms with van der Waals surface area (Å²) in [5.41, 5.74) is 1.36. The molecule has 0 bridgehead atoms. The summed E-state index contributed by atoms with van der Waals surface area (Å²) in [6, 6.07) is 7.23. The molecule has 154 valence electrons. The zero-order valence-electron chi connectivity index (χ0n) is 16.6. The fraction of sp³-hybridized carbons (Fsp3) is 0.500. The predicted molar refractivity (Wildman–Crippen MR) is 107 cm³/mol. The molecule has 0 aliphatic carbocycles. The van der Waals surface area contributed by atoms with E-state index in [2.05, 4.69) is 20.4 Å². The molecule has 0 spiro atoms. The minimum absolute atomic E-state index is 0.164. The number of urea groups is 1. The van der Waals surface area contributed by atoms with Gasteiger partial charge in [0.2, 0.25) is 17.6 Å². The summed E-state index contributed by atoms with van der Waals surface area (Å²) in [6.45, 7) is 6.48. The molecule has 3 amide bonds. The van der Waals surface area contributed by atoms with Gasteiger partial charge in [0.15, 0.2) is 0 Å². The molecule has 29 heavy (non-hydrogen) atoms. The number of para-hydroxylation sites is 1. The van der Waals surface area contributed by atoms with Crippen LogP contribution in [0.2, 0.25) is 0 Å². The van der Waals surface area contributed by atoms with Gasteiger partial charge < -0.3 is 19.6 Å². The van der Waals surface area contributed by atoms with Crippen molar-refractivity contribution in [3.63, 3.8) is 0 Å². The van der Waals surface area contributed by atoms with E-state index in [1.165, 1.54) is 0 Å². The number of aryl methyl sites for hydroxylation is 1. The van der Waals surface area contributed by atoms with E-state index in [4.69, 9.17) is 4.52 Å². The summed E-state index contributed by atoms with van der Waals surface area (Å²) < 4.78 is 5.05. The highest BCUT2D eigenvalue weighted by Crippen LogP contribution is 2.25. The van der Waals surface area contributed by atoms with Crippen LogP contribution in [0.4, 0.5) is 10.5 Å². The van der Waals surface area contributed by atoms with Crippen LogP contribution in [0.1, 0.15) is 18.7 Å². The van der Waals surface area contributed by atoms with Crippen LogP contribution in [-0.2, 0) is 4.79 Å². The lowest BCUT2D eigenvalue weighted by atomic mass is 10.1. The molecule has 2 fully saturated rings. The fourth-order valence-corrected chi connectivity index (χ4v) is 3.76. The monoisotopic (exact) mass is 398 g/mol. The highest BCUT2D eigenvalue weighted by atomic mass is 16.5. The highest BCUT2D eigenvalue weighted by molar-refractivity contribution is 5.93. The van der Waals surface area contributed by atoms with Crippen LogP contribution in [-0.4, -0.2) is 82.6 Å². The Balaban J connectivity index is 1.32. The van der Waals surface area contributed by atoms with Gasteiger partial charge in [-0.1, -0.05) is 17.3 Å². The number of aromatic nitrogens is 2. The van der Waals surface area contributed by atoms with Gasteiger partial charge in [0.05, 0.1) is 12.2 Å². The molecule has 9 heteroatoms. The Kier molecular flexibility index (Phi) is 5.75. The van der Waals surface area contributed by atoms with E-state index in [0.29, 0.717) is 55.7 Å². The Morgan fingerprint density at radius 3 is 2.45 bits per heavy atom. The number of carbonyl (C=O) groups is 2. The number of piperazine rings is 1. The van der Waals surface area contributed by atoms with Crippen LogP contribution in [0.5, 0.6) is 0 Å². The number of hydrogen-bond acceptors (Lipinski definition) is 6. The molecule has 0 saturated carbocycles. The van der Waals surface area contributed by atoms with Crippen molar-refractivity contribution in [1.82, 2.24) is 24.8 Å². The fourth-order valence-electron chi connectivity index (χ4n) is 3.76. The second-order valence-electron chi connectivity index (χ2n) is 7.46. The van der Waals surface area contributed by atoms with E-state index in [1.54, 1.807) is 11.8 Å². The molecule has 0 radical (unpaired) electrons. The lowest BCUT2D eigenvalue weighted by molar-refractivity contribution is -0.131. The Hall–Kier alpha value is -2.94. The number of rotatable bonds is 4. The largest absolute Gasteiger partial charge is 0.342 e. The average Bonchev–Trinajstić information content (AvgIpc) is 3.41. The number of amides is 3. The van der Waals surface area contributed by atoms with Gasteiger partial charge in [-0.15, -0.1) is 0 Å². The molecule has 3 heterocycles. The van der Waals surface area contributed by atoms with Crippen LogP contribution >= 0.6 is 0 Å². The summed E-state index contributed by atoms with van der Waals surface area (Å²) in [5.74, 6) is 1.12. The number of benzene rings is 1. The van der Waals surface area contributed by atoms with Crippen LogP contribution in [0.15, 0.2) is 28.8 Å². The third kappa shape index (κ3) is 4.56. The number of likely N-dealkylation sites (tertiary alicyclic amines) is 1. The van der Waals surface area contributed by atoms with Gasteiger partial charge in [0.25, 0.3) is 0 Å². The molecule has 1 aromatic carbocycles. The van der Waals surface area contributed by atoms with Crippen molar-refractivity contribution in [2.24, 2.45) is 0 Å². The van der Waals surface area contributed by atoms with Crippen molar-refractivity contribution in [2.75, 3.05) is 51.1 Å². The first-order valence-corrected chi connectivity index (χ1v) is 10.1. The molecule has 2 aromatic rings. The maximum atomic E-state index is 12.8. The SMILES string of the molecule is Cc1nc(-c2ccccc2NC(=O)N2CCN(CC(=O)N3CCCC3)CC2)no1. The maximum Gasteiger partial charge on any atom is 0.321 e. The molecule has 0 unspecified atom stereocenters. The quantitative estimate of drug-likeness (QED) is 0.844. The van der Waals surface area contributed by atoms with E-state index in [-0.39, 0.29) is 11.9 Å². The van der Waals surface area contributed by atoms with Gasteiger partial charge in [-0.2, -0.15) is 4.98 Å². The van der Waals surface area contributed by atoms with Crippen LogP contribution in [0.25, 0.3) is 11.4 Å². The van der Waals surface area contributed by atoms with Crippen LogP contribution in [0, 0.1) is 6.92 Å². The van der Waals surface area contributed by atoms with Crippen molar-refractivity contribution in [1.29, 1.82) is 0 Å². The first kappa shape index (κ1) is 19.4. The summed E-state index contributed by atoms with van der Waals surface area (Å²) >= 11 is 0. The lowest BCUT2D eigenvalue weighted by Gasteiger charge is -2.35. The van der Waals surface area contributed by atoms with Crippen LogP contribution in [0.3, 0.4) is 0 Å². The molecule has 1 aromatic heterocycles. The average molecular weight is 398 g/mol. The van der Waals surface area contributed by atoms with E-state index in [0.717, 1.165) is 25.9 Å². The van der Waals surface area contributed by atoms with E-state index >= 15 is 0 Å². The van der Waals surface area contributed by atoms with Gasteiger partial charge in [0, 0.05) is 51.8 Å². The number of anilines is 1. The lowest BCUT2D eigenvalue weighted by Crippen LogP contribution is -2.52. The number of hydrogen-bond donors (Lipinski definition) is 1. The van der Waals surface area contributed by atoms with E-state index in [9.17, 15) is 9.59 Å². The Bertz CT molecular complexity index is 869. The number of nitrogens with zero attached hydrogens (tertiary/aromatic N) is 5. The van der Waals surface area contributed by atoms with Crippen molar-refractivity contribution >= 4 is 17.6 Å². The van der Waals surface area contributed by atoms with Crippen molar-refractivity contribution < 1.29 is 14.1 Å². The molecule has 2 aliphatic rings.